The van der Waals surface area contributed by atoms with Crippen molar-refractivity contribution in [2.24, 2.45) is 0 Å². The van der Waals surface area contributed by atoms with Gasteiger partial charge in [-0.2, -0.15) is 0 Å². The fourth-order valence-electron chi connectivity index (χ4n) is 1.68. The molecule has 1 atom stereocenters. The predicted molar refractivity (Wildman–Crippen MR) is 57.1 cm³/mol. The number of rotatable bonds is 1. The van der Waals surface area contributed by atoms with Crippen molar-refractivity contribution < 1.29 is 13.2 Å². The van der Waals surface area contributed by atoms with Crippen LogP contribution in [0.3, 0.4) is 0 Å². The van der Waals surface area contributed by atoms with Crippen LogP contribution in [0, 0.1) is 0 Å². The molecule has 1 aromatic carbocycles. The molecule has 0 saturated carbocycles. The number of benzene rings is 1. The fourth-order valence-corrected chi connectivity index (χ4v) is 3.62. The Bertz CT molecular complexity index is 482. The van der Waals surface area contributed by atoms with E-state index in [2.05, 4.69) is 0 Å². The first-order chi connectivity index (χ1) is 7.04. The monoisotopic (exact) mass is 231 g/mol. The van der Waals surface area contributed by atoms with Crippen molar-refractivity contribution in [2.75, 3.05) is 0 Å². The van der Waals surface area contributed by atoms with Crippen LogP contribution in [0.25, 0.3) is 10.1 Å². The summed E-state index contributed by atoms with van der Waals surface area (Å²) in [6, 6.07) is 8.42. The normalized spacial score (nSPS) is 13.5. The van der Waals surface area contributed by atoms with Crippen LogP contribution in [0.1, 0.15) is 11.8 Å². The van der Waals surface area contributed by atoms with E-state index in [-0.39, 0.29) is 0 Å². The summed E-state index contributed by atoms with van der Waals surface area (Å²) in [5.74, 6) is 0. The molecule has 1 unspecified atom stereocenters. The van der Waals surface area contributed by atoms with Crippen molar-refractivity contribution in [3.8, 4) is 0 Å². The van der Waals surface area contributed by atoms with Crippen LogP contribution in [0.5, 0.6) is 0 Å². The molecule has 2 aromatic rings. The number of hydrogen-bond acceptors (Lipinski definition) is 0. The van der Waals surface area contributed by atoms with Gasteiger partial charge < -0.3 is 0 Å². The zero-order valence-electron chi connectivity index (χ0n) is 8.14. The highest BCUT2D eigenvalue weighted by Crippen LogP contribution is 2.50. The number of thiophene rings is 1. The predicted octanol–water partition coefficient (Wildman–Crippen LogP) is 4.63. The third kappa shape index (κ3) is 1.74. The van der Waals surface area contributed by atoms with Gasteiger partial charge in [-0.05, 0) is 12.1 Å². The van der Waals surface area contributed by atoms with E-state index in [9.17, 15) is 13.2 Å². The molecule has 0 aliphatic heterocycles. The molecule has 1 aromatic heterocycles. The summed E-state index contributed by atoms with van der Waals surface area (Å²) >= 11 is 0. The topological polar surface area (TPSA) is 0 Å². The molecule has 0 aliphatic carbocycles. The van der Waals surface area contributed by atoms with Crippen LogP contribution < -0.4 is 0 Å². The Morgan fingerprint density at radius 2 is 1.87 bits per heavy atom. The Morgan fingerprint density at radius 3 is 2.47 bits per heavy atom. The molecule has 0 radical (unpaired) electrons. The highest BCUT2D eigenvalue weighted by atomic mass is 32.2. The molecule has 0 saturated heterocycles. The van der Waals surface area contributed by atoms with Gasteiger partial charge in [0.15, 0.2) is 9.58 Å². The Labute approximate surface area is 88.3 Å². The molecule has 1 heterocycles. The first-order valence-electron chi connectivity index (χ1n) is 4.64. The van der Waals surface area contributed by atoms with E-state index in [0.717, 1.165) is 5.39 Å². The van der Waals surface area contributed by atoms with E-state index < -0.39 is 16.0 Å². The number of aryl methyl sites for hydroxylation is 1. The quantitative estimate of drug-likeness (QED) is 0.628. The van der Waals surface area contributed by atoms with Crippen molar-refractivity contribution in [3.05, 3.63) is 35.2 Å². The largest absolute Gasteiger partial charge is 0.600 e. The second kappa shape index (κ2) is 3.52. The maximum Gasteiger partial charge on any atom is 0.600 e. The minimum atomic E-state index is -4.14. The van der Waals surface area contributed by atoms with Gasteiger partial charge in [-0.1, -0.05) is 19.1 Å². The van der Waals surface area contributed by atoms with Gasteiger partial charge in [0.05, 0.1) is 10.5 Å². The summed E-state index contributed by atoms with van der Waals surface area (Å²) < 4.78 is 39.0. The molecule has 0 fully saturated rings. The van der Waals surface area contributed by atoms with Crippen LogP contribution >= 0.6 is 10.5 Å². The van der Waals surface area contributed by atoms with Crippen LogP contribution in [-0.2, 0) is 11.9 Å². The first kappa shape index (κ1) is 10.5. The molecule has 0 nitrogen and oxygen atoms in total. The van der Waals surface area contributed by atoms with Gasteiger partial charge in [0.2, 0.25) is 0 Å². The van der Waals surface area contributed by atoms with Gasteiger partial charge in [-0.25, -0.2) is 0 Å². The summed E-state index contributed by atoms with van der Waals surface area (Å²) in [6.07, 6.45) is 0.456. The van der Waals surface area contributed by atoms with Gasteiger partial charge in [-0.15, -0.1) is 13.2 Å². The Morgan fingerprint density at radius 1 is 1.20 bits per heavy atom. The molecule has 0 aliphatic rings. The second-order valence-corrected chi connectivity index (χ2v) is 5.29. The number of alkyl halides is 3. The van der Waals surface area contributed by atoms with Crippen LogP contribution in [0.2, 0.25) is 0 Å². The summed E-state index contributed by atoms with van der Waals surface area (Å²) in [5.41, 5.74) is -4.14. The lowest BCUT2D eigenvalue weighted by atomic mass is 10.2. The van der Waals surface area contributed by atoms with Crippen molar-refractivity contribution in [1.29, 1.82) is 0 Å². The standard InChI is InChI=1S/C11H10F3S/c1-2-9-7-8-5-3-4-6-10(8)15(9)11(12,13)14/h3-7H,2H2,1H3/q+1. The Kier molecular flexibility index (Phi) is 2.46. The van der Waals surface area contributed by atoms with E-state index in [1.54, 1.807) is 37.3 Å². The lowest BCUT2D eigenvalue weighted by Crippen LogP contribution is -1.97. The summed E-state index contributed by atoms with van der Waals surface area (Å²) in [6.45, 7) is 1.77. The molecular weight excluding hydrogens is 221 g/mol. The minimum absolute atomic E-state index is 0.418. The van der Waals surface area contributed by atoms with Crippen LogP contribution in [0.4, 0.5) is 13.2 Å². The van der Waals surface area contributed by atoms with Gasteiger partial charge in [0.25, 0.3) is 0 Å². The number of hydrogen-bond donors (Lipinski definition) is 0. The third-order valence-electron chi connectivity index (χ3n) is 2.30. The van der Waals surface area contributed by atoms with Crippen molar-refractivity contribution in [1.82, 2.24) is 0 Å². The zero-order chi connectivity index (χ0) is 11.1. The number of halogens is 3. The van der Waals surface area contributed by atoms with E-state index in [1.807, 2.05) is 0 Å². The van der Waals surface area contributed by atoms with Gasteiger partial charge >= 0.3 is 5.51 Å². The molecule has 0 amide bonds. The number of fused-ring (bicyclic) bond motifs is 1. The van der Waals surface area contributed by atoms with Gasteiger partial charge in [0, 0.05) is 17.9 Å². The second-order valence-electron chi connectivity index (χ2n) is 3.25. The zero-order valence-corrected chi connectivity index (χ0v) is 8.95. The van der Waals surface area contributed by atoms with E-state index in [0.29, 0.717) is 16.0 Å². The van der Waals surface area contributed by atoms with Crippen molar-refractivity contribution in [3.63, 3.8) is 0 Å². The molecule has 0 N–H and O–H groups in total. The SMILES string of the molecule is CCc1cc2ccccc2[s+]1C(F)(F)F. The van der Waals surface area contributed by atoms with Crippen LogP contribution in [-0.4, -0.2) is 0 Å². The van der Waals surface area contributed by atoms with E-state index >= 15 is 0 Å². The molecule has 4 heteroatoms. The van der Waals surface area contributed by atoms with Crippen LogP contribution in [0.15, 0.2) is 30.3 Å². The summed E-state index contributed by atoms with van der Waals surface area (Å²) in [7, 11) is -1.70. The maximum atomic E-state index is 12.8. The van der Waals surface area contributed by atoms with Crippen molar-refractivity contribution >= 4 is 20.6 Å². The smallest absolute Gasteiger partial charge is 0.118 e. The van der Waals surface area contributed by atoms with Gasteiger partial charge in [-0.3, -0.25) is 0 Å². The van der Waals surface area contributed by atoms with Gasteiger partial charge in [0.1, 0.15) is 0 Å². The lowest BCUT2D eigenvalue weighted by molar-refractivity contribution is -0.0867. The Hall–Kier alpha value is -1.03. The third-order valence-corrected chi connectivity index (χ3v) is 4.50. The lowest BCUT2D eigenvalue weighted by Gasteiger charge is -1.97. The summed E-state index contributed by atoms with van der Waals surface area (Å²) in [4.78, 5) is 0.490. The first-order valence-corrected chi connectivity index (χ1v) is 5.87. The molecule has 80 valence electrons. The Balaban J connectivity index is 2.79. The molecule has 0 spiro atoms. The molecule has 2 rings (SSSR count). The molecule has 15 heavy (non-hydrogen) atoms. The summed E-state index contributed by atoms with van der Waals surface area (Å²) in [5, 5.41) is 0.718. The van der Waals surface area contributed by atoms with E-state index in [4.69, 9.17) is 0 Å². The fraction of sp³-hybridized carbons (Fsp3) is 0.273. The highest BCUT2D eigenvalue weighted by molar-refractivity contribution is 7.38. The average Bonchev–Trinajstić information content (AvgIpc) is 2.54. The molecule has 0 bridgehead atoms. The molecular formula is C11H10F3S+. The van der Waals surface area contributed by atoms with E-state index in [1.165, 1.54) is 0 Å². The highest BCUT2D eigenvalue weighted by Gasteiger charge is 2.47. The van der Waals surface area contributed by atoms with Crippen molar-refractivity contribution in [2.45, 2.75) is 18.9 Å². The maximum absolute atomic E-state index is 12.8. The minimum Gasteiger partial charge on any atom is -0.118 e. The average molecular weight is 231 g/mol.